The number of carbonyl (C=O) groups excluding carboxylic acids is 2. The third-order valence-corrected chi connectivity index (χ3v) is 5.03. The summed E-state index contributed by atoms with van der Waals surface area (Å²) in [6.07, 6.45) is -0.635. The van der Waals surface area contributed by atoms with Crippen LogP contribution >= 0.6 is 0 Å². The summed E-state index contributed by atoms with van der Waals surface area (Å²) in [4.78, 5) is 26.7. The first-order valence-electron chi connectivity index (χ1n) is 10.6. The molecule has 1 amide bonds. The van der Waals surface area contributed by atoms with Crippen LogP contribution in [-0.2, 0) is 23.6 Å². The Labute approximate surface area is 186 Å². The summed E-state index contributed by atoms with van der Waals surface area (Å²) in [7, 11) is -0.591. The Hall–Kier alpha value is -2.06. The number of ether oxygens (including phenoxy) is 2. The monoisotopic (exact) mass is 433 g/mol. The highest BCUT2D eigenvalue weighted by Crippen LogP contribution is 2.36. The van der Waals surface area contributed by atoms with Gasteiger partial charge in [0.25, 0.3) is 0 Å². The molecule has 8 heteroatoms. The molecule has 0 spiro atoms. The molecule has 0 radical (unpaired) electrons. The predicted octanol–water partition coefficient (Wildman–Crippen LogP) is 4.07. The molecule has 1 aromatic carbocycles. The van der Waals surface area contributed by atoms with Crippen molar-refractivity contribution >= 4 is 30.3 Å². The molecule has 2 rings (SSSR count). The maximum Gasteiger partial charge on any atom is 0.494 e. The highest BCUT2D eigenvalue weighted by Gasteiger charge is 2.51. The van der Waals surface area contributed by atoms with Crippen LogP contribution in [0.25, 0.3) is 0 Å². The third-order valence-electron chi connectivity index (χ3n) is 5.03. The number of benzene rings is 1. The fourth-order valence-corrected chi connectivity index (χ4v) is 2.90. The van der Waals surface area contributed by atoms with Crippen LogP contribution in [0.4, 0.5) is 10.5 Å². The number of hydrogen-bond acceptors (Lipinski definition) is 6. The van der Waals surface area contributed by atoms with E-state index in [2.05, 4.69) is 0 Å². The molecule has 1 aliphatic rings. The summed E-state index contributed by atoms with van der Waals surface area (Å²) < 4.78 is 23.2. The summed E-state index contributed by atoms with van der Waals surface area (Å²) in [6.45, 7) is 18.3. The Morgan fingerprint density at radius 3 is 1.94 bits per heavy atom. The second-order valence-electron chi connectivity index (χ2n) is 10.8. The van der Waals surface area contributed by atoms with Gasteiger partial charge in [0.05, 0.1) is 11.2 Å². The van der Waals surface area contributed by atoms with Crippen molar-refractivity contribution < 1.29 is 28.4 Å². The molecule has 0 N–H and O–H groups in total. The Morgan fingerprint density at radius 1 is 0.935 bits per heavy atom. The zero-order valence-corrected chi connectivity index (χ0v) is 20.5. The average Bonchev–Trinajstić information content (AvgIpc) is 2.77. The molecule has 0 bridgehead atoms. The van der Waals surface area contributed by atoms with Crippen molar-refractivity contribution in [2.24, 2.45) is 0 Å². The normalized spacial score (nSPS) is 17.9. The zero-order chi connectivity index (χ0) is 23.8. The lowest BCUT2D eigenvalue weighted by Gasteiger charge is -2.32. The van der Waals surface area contributed by atoms with Crippen molar-refractivity contribution in [1.82, 2.24) is 0 Å². The Bertz CT molecular complexity index is 806. The Balaban J connectivity index is 2.34. The lowest BCUT2D eigenvalue weighted by Crippen LogP contribution is -2.42. The van der Waals surface area contributed by atoms with Gasteiger partial charge in [0.1, 0.15) is 17.7 Å². The number of nitrogens with zero attached hydrogens (tertiary/aromatic N) is 1. The van der Waals surface area contributed by atoms with E-state index < -0.39 is 41.6 Å². The first-order valence-corrected chi connectivity index (χ1v) is 10.6. The predicted molar refractivity (Wildman–Crippen MR) is 122 cm³/mol. The number of hydrogen-bond donors (Lipinski definition) is 0. The van der Waals surface area contributed by atoms with E-state index in [1.54, 1.807) is 59.7 Å². The Morgan fingerprint density at radius 2 is 1.45 bits per heavy atom. The van der Waals surface area contributed by atoms with E-state index in [1.165, 1.54) is 4.90 Å². The fraction of sp³-hybridized carbons (Fsp3) is 0.652. The zero-order valence-electron chi connectivity index (χ0n) is 20.5. The Kier molecular flexibility index (Phi) is 6.89. The fourth-order valence-electron chi connectivity index (χ4n) is 2.90. The van der Waals surface area contributed by atoms with Crippen LogP contribution in [0.15, 0.2) is 24.3 Å². The SMILES string of the molecule is CC(C)(C)OC(=O)CN(C(=O)OC(C)(C)C)c1cccc(B2OC(C)(C)C(C)(C)O2)c1. The molecule has 1 fully saturated rings. The summed E-state index contributed by atoms with van der Waals surface area (Å²) in [6, 6.07) is 7.17. The molecule has 0 saturated carbocycles. The summed E-state index contributed by atoms with van der Waals surface area (Å²) in [5, 5.41) is 0. The van der Waals surface area contributed by atoms with Crippen LogP contribution in [0.1, 0.15) is 69.2 Å². The van der Waals surface area contributed by atoms with E-state index in [-0.39, 0.29) is 6.54 Å². The summed E-state index contributed by atoms with van der Waals surface area (Å²) in [5.74, 6) is -0.528. The standard InChI is InChI=1S/C23H36BNO6/c1-20(2,3)28-18(26)15-25(19(27)29-21(4,5)6)17-13-11-12-16(14-17)24-30-22(7,8)23(9,10)31-24/h11-14H,15H2,1-10H3. The van der Waals surface area contributed by atoms with Crippen molar-refractivity contribution in [3.8, 4) is 0 Å². The van der Waals surface area contributed by atoms with E-state index in [0.717, 1.165) is 5.46 Å². The molecular weight excluding hydrogens is 397 g/mol. The topological polar surface area (TPSA) is 74.3 Å². The lowest BCUT2D eigenvalue weighted by atomic mass is 9.79. The van der Waals surface area contributed by atoms with Crippen LogP contribution in [0.2, 0.25) is 0 Å². The van der Waals surface area contributed by atoms with Crippen LogP contribution < -0.4 is 10.4 Å². The molecule has 0 atom stereocenters. The van der Waals surface area contributed by atoms with Gasteiger partial charge in [-0.25, -0.2) is 4.79 Å². The van der Waals surface area contributed by atoms with Gasteiger partial charge in [-0.2, -0.15) is 0 Å². The molecule has 1 aromatic rings. The second kappa shape index (κ2) is 8.47. The van der Waals surface area contributed by atoms with E-state index in [0.29, 0.717) is 5.69 Å². The first-order chi connectivity index (χ1) is 13.9. The van der Waals surface area contributed by atoms with Crippen LogP contribution in [-0.4, -0.2) is 48.1 Å². The van der Waals surface area contributed by atoms with Crippen LogP contribution in [0, 0.1) is 0 Å². The maximum atomic E-state index is 12.9. The first kappa shape index (κ1) is 25.2. The molecule has 31 heavy (non-hydrogen) atoms. The molecule has 172 valence electrons. The lowest BCUT2D eigenvalue weighted by molar-refractivity contribution is -0.153. The molecular formula is C23H36BNO6. The van der Waals surface area contributed by atoms with Gasteiger partial charge < -0.3 is 18.8 Å². The van der Waals surface area contributed by atoms with Crippen molar-refractivity contribution in [3.05, 3.63) is 24.3 Å². The largest absolute Gasteiger partial charge is 0.494 e. The van der Waals surface area contributed by atoms with E-state index in [4.69, 9.17) is 18.8 Å². The van der Waals surface area contributed by atoms with E-state index >= 15 is 0 Å². The van der Waals surface area contributed by atoms with Gasteiger partial charge in [0, 0.05) is 5.69 Å². The van der Waals surface area contributed by atoms with Gasteiger partial charge in [0.2, 0.25) is 0 Å². The maximum absolute atomic E-state index is 12.9. The smallest absolute Gasteiger partial charge is 0.459 e. The number of rotatable bonds is 4. The van der Waals surface area contributed by atoms with E-state index in [1.807, 2.05) is 33.8 Å². The minimum absolute atomic E-state index is 0.279. The third kappa shape index (κ3) is 6.71. The van der Waals surface area contributed by atoms with Gasteiger partial charge in [-0.3, -0.25) is 9.69 Å². The van der Waals surface area contributed by atoms with Gasteiger partial charge in [-0.15, -0.1) is 0 Å². The average molecular weight is 433 g/mol. The molecule has 0 aliphatic carbocycles. The minimum atomic E-state index is -0.716. The van der Waals surface area contributed by atoms with Crippen LogP contribution in [0.3, 0.4) is 0 Å². The van der Waals surface area contributed by atoms with E-state index in [9.17, 15) is 9.59 Å². The quantitative estimate of drug-likeness (QED) is 0.527. The molecule has 1 saturated heterocycles. The number of esters is 1. The number of anilines is 1. The summed E-state index contributed by atoms with van der Waals surface area (Å²) >= 11 is 0. The number of carbonyl (C=O) groups is 2. The highest BCUT2D eigenvalue weighted by atomic mass is 16.7. The van der Waals surface area contributed by atoms with Gasteiger partial charge >= 0.3 is 19.2 Å². The molecule has 0 unspecified atom stereocenters. The molecule has 0 aromatic heterocycles. The summed E-state index contributed by atoms with van der Waals surface area (Å²) in [5.41, 5.74) is -1.13. The number of amides is 1. The highest BCUT2D eigenvalue weighted by molar-refractivity contribution is 6.62. The molecule has 1 aliphatic heterocycles. The molecule has 1 heterocycles. The molecule has 7 nitrogen and oxygen atoms in total. The van der Waals surface area contributed by atoms with Gasteiger partial charge in [0.15, 0.2) is 0 Å². The van der Waals surface area contributed by atoms with Crippen molar-refractivity contribution in [3.63, 3.8) is 0 Å². The van der Waals surface area contributed by atoms with Gasteiger partial charge in [-0.1, -0.05) is 12.1 Å². The van der Waals surface area contributed by atoms with Crippen molar-refractivity contribution in [2.45, 2.75) is 91.6 Å². The van der Waals surface area contributed by atoms with Crippen LogP contribution in [0.5, 0.6) is 0 Å². The van der Waals surface area contributed by atoms with Crippen molar-refractivity contribution in [1.29, 1.82) is 0 Å². The van der Waals surface area contributed by atoms with Gasteiger partial charge in [-0.05, 0) is 86.8 Å². The minimum Gasteiger partial charge on any atom is -0.459 e. The second-order valence-corrected chi connectivity index (χ2v) is 10.8. The van der Waals surface area contributed by atoms with Crippen molar-refractivity contribution in [2.75, 3.05) is 11.4 Å².